The highest BCUT2D eigenvalue weighted by molar-refractivity contribution is 6.47. The molecule has 4 heterocycles. The zero-order valence-corrected chi connectivity index (χ0v) is 23.1. The molecule has 0 bridgehead atoms. The summed E-state index contributed by atoms with van der Waals surface area (Å²) in [6.07, 6.45) is 10.1. The van der Waals surface area contributed by atoms with E-state index in [1.54, 1.807) is 17.3 Å². The van der Waals surface area contributed by atoms with E-state index in [9.17, 15) is 14.4 Å². The number of nitrogens with one attached hydrogen (secondary N) is 2. The quantitative estimate of drug-likeness (QED) is 0.509. The molecule has 2 aliphatic carbocycles. The first-order valence-corrected chi connectivity index (χ1v) is 14.4. The molecule has 0 radical (unpaired) electrons. The van der Waals surface area contributed by atoms with E-state index in [0.29, 0.717) is 30.2 Å². The summed E-state index contributed by atoms with van der Waals surface area (Å²) in [5.74, 6) is 0.467. The number of fused-ring (bicyclic) bond motifs is 3. The monoisotopic (exact) mass is 548 g/mol. The Morgan fingerprint density at radius 3 is 2.59 bits per heavy atom. The highest BCUT2D eigenvalue weighted by Gasteiger charge is 2.51. The minimum atomic E-state index is -0.701. The Bertz CT molecular complexity index is 1620. The largest absolute Gasteiger partial charge is 0.310 e. The summed E-state index contributed by atoms with van der Waals surface area (Å²) in [6, 6.07) is 13.4. The van der Waals surface area contributed by atoms with Crippen LogP contribution in [0.25, 0.3) is 0 Å². The highest BCUT2D eigenvalue weighted by Crippen LogP contribution is 2.46. The van der Waals surface area contributed by atoms with Crippen molar-refractivity contribution in [2.75, 3.05) is 17.2 Å². The fourth-order valence-corrected chi connectivity index (χ4v) is 7.09. The predicted octanol–water partition coefficient (Wildman–Crippen LogP) is 4.09. The van der Waals surface area contributed by atoms with Gasteiger partial charge >= 0.3 is 0 Å². The van der Waals surface area contributed by atoms with E-state index in [1.165, 1.54) is 0 Å². The molecule has 41 heavy (non-hydrogen) atoms. The number of carbonyl (C=O) groups is 3. The van der Waals surface area contributed by atoms with E-state index >= 15 is 0 Å². The Labute approximate surface area is 238 Å². The number of carbonyl (C=O) groups excluding carboxylic acids is 3. The molecule has 1 atom stereocenters. The number of aromatic nitrogens is 2. The normalized spacial score (nSPS) is 22.4. The number of rotatable bonds is 4. The van der Waals surface area contributed by atoms with Crippen LogP contribution >= 0.6 is 0 Å². The predicted molar refractivity (Wildman–Crippen MR) is 155 cm³/mol. The standard InChI is InChI=1S/C32H32N6O3/c1-20-9-4-5-10-23(20)27-29(40)38(32(37-27)12-6-2-3-7-13-32)19-26(39)35-25-15-21-16-31(17-22(21)18-34-25)24-11-8-14-33-28(24)36-30(31)41/h4-5,8-11,14-15,18H,2-3,6-7,12-13,16-17,19H2,1H3,(H,33,36,41)(H,34,35,39)/t31-/m0/s1. The summed E-state index contributed by atoms with van der Waals surface area (Å²) in [5, 5.41) is 5.84. The van der Waals surface area contributed by atoms with Crippen LogP contribution in [0.5, 0.6) is 0 Å². The minimum Gasteiger partial charge on any atom is -0.310 e. The SMILES string of the molecule is Cc1ccccc1C1=NC2(CCCCCC2)N(CC(=O)Nc2cc3c(cn2)C[C@]2(C3)C(=O)Nc3ncccc32)C1=O. The topological polar surface area (TPSA) is 117 Å². The Morgan fingerprint density at radius 2 is 1.78 bits per heavy atom. The van der Waals surface area contributed by atoms with Crippen molar-refractivity contribution in [1.29, 1.82) is 0 Å². The second-order valence-corrected chi connectivity index (χ2v) is 11.7. The third-order valence-corrected chi connectivity index (χ3v) is 9.20. The molecule has 4 aliphatic rings. The van der Waals surface area contributed by atoms with Crippen molar-refractivity contribution >= 4 is 35.1 Å². The van der Waals surface area contributed by atoms with Gasteiger partial charge in [-0.1, -0.05) is 43.2 Å². The van der Waals surface area contributed by atoms with Crippen LogP contribution in [0, 0.1) is 6.92 Å². The summed E-state index contributed by atoms with van der Waals surface area (Å²) < 4.78 is 0. The molecule has 0 saturated heterocycles. The van der Waals surface area contributed by atoms with Gasteiger partial charge in [-0.2, -0.15) is 0 Å². The van der Waals surface area contributed by atoms with Crippen LogP contribution in [0.4, 0.5) is 11.6 Å². The number of benzene rings is 1. The molecule has 9 nitrogen and oxygen atoms in total. The third-order valence-electron chi connectivity index (χ3n) is 9.20. The van der Waals surface area contributed by atoms with Gasteiger partial charge in [-0.3, -0.25) is 19.4 Å². The van der Waals surface area contributed by atoms with E-state index in [4.69, 9.17) is 4.99 Å². The first-order valence-electron chi connectivity index (χ1n) is 14.4. The number of hydrogen-bond acceptors (Lipinski definition) is 6. The van der Waals surface area contributed by atoms with Crippen LogP contribution in [0.15, 0.2) is 59.9 Å². The molecule has 3 aromatic rings. The lowest BCUT2D eigenvalue weighted by Gasteiger charge is -2.35. The molecule has 1 aromatic carbocycles. The van der Waals surface area contributed by atoms with E-state index in [1.807, 2.05) is 49.4 Å². The van der Waals surface area contributed by atoms with Gasteiger partial charge in [0.25, 0.3) is 5.91 Å². The molecule has 2 spiro atoms. The number of aliphatic imine (C=N–C) groups is 1. The molecule has 2 N–H and O–H groups in total. The smallest absolute Gasteiger partial charge is 0.275 e. The van der Waals surface area contributed by atoms with Crippen LogP contribution < -0.4 is 10.6 Å². The van der Waals surface area contributed by atoms with Crippen LogP contribution in [0.3, 0.4) is 0 Å². The zero-order valence-electron chi connectivity index (χ0n) is 23.1. The van der Waals surface area contributed by atoms with Gasteiger partial charge in [0.15, 0.2) is 0 Å². The van der Waals surface area contributed by atoms with E-state index < -0.39 is 11.1 Å². The van der Waals surface area contributed by atoms with Crippen molar-refractivity contribution in [1.82, 2.24) is 14.9 Å². The van der Waals surface area contributed by atoms with E-state index in [-0.39, 0.29) is 24.3 Å². The molecule has 1 fully saturated rings. The number of hydrogen-bond donors (Lipinski definition) is 2. The summed E-state index contributed by atoms with van der Waals surface area (Å²) in [5.41, 5.74) is 3.73. The molecule has 208 valence electrons. The number of aryl methyl sites for hydroxylation is 1. The Morgan fingerprint density at radius 1 is 1.00 bits per heavy atom. The van der Waals surface area contributed by atoms with Gasteiger partial charge in [0, 0.05) is 23.5 Å². The second-order valence-electron chi connectivity index (χ2n) is 11.7. The fraction of sp³-hybridized carbons (Fsp3) is 0.375. The lowest BCUT2D eigenvalue weighted by atomic mass is 9.79. The summed E-state index contributed by atoms with van der Waals surface area (Å²) in [7, 11) is 0. The molecule has 2 aliphatic heterocycles. The number of nitrogens with zero attached hydrogens (tertiary/aromatic N) is 4. The molecule has 9 heteroatoms. The maximum atomic E-state index is 13.8. The minimum absolute atomic E-state index is 0.0568. The Balaban J connectivity index is 1.12. The van der Waals surface area contributed by atoms with Gasteiger partial charge < -0.3 is 15.5 Å². The zero-order chi connectivity index (χ0) is 28.2. The number of anilines is 2. The van der Waals surface area contributed by atoms with Gasteiger partial charge in [-0.05, 0) is 74.3 Å². The average Bonchev–Trinajstić information content (AvgIpc) is 3.48. The lowest BCUT2D eigenvalue weighted by molar-refractivity contribution is -0.133. The third kappa shape index (κ3) is 4.13. The number of amides is 3. The molecule has 0 unspecified atom stereocenters. The maximum absolute atomic E-state index is 13.8. The van der Waals surface area contributed by atoms with Gasteiger partial charge in [0.2, 0.25) is 11.8 Å². The fourth-order valence-electron chi connectivity index (χ4n) is 7.09. The summed E-state index contributed by atoms with van der Waals surface area (Å²) >= 11 is 0. The molecule has 1 saturated carbocycles. The van der Waals surface area contributed by atoms with Crippen molar-refractivity contribution in [3.05, 3.63) is 82.7 Å². The van der Waals surface area contributed by atoms with Gasteiger partial charge in [0.05, 0.1) is 5.41 Å². The van der Waals surface area contributed by atoms with Gasteiger partial charge in [0.1, 0.15) is 29.6 Å². The molecular formula is C32H32N6O3. The van der Waals surface area contributed by atoms with Crippen molar-refractivity contribution in [3.63, 3.8) is 0 Å². The van der Waals surface area contributed by atoms with Crippen LogP contribution in [-0.4, -0.2) is 50.5 Å². The van der Waals surface area contributed by atoms with E-state index in [2.05, 4.69) is 20.6 Å². The van der Waals surface area contributed by atoms with E-state index in [0.717, 1.165) is 66.3 Å². The highest BCUT2D eigenvalue weighted by atomic mass is 16.2. The Kier molecular flexibility index (Phi) is 5.99. The average molecular weight is 549 g/mol. The van der Waals surface area contributed by atoms with Gasteiger partial charge in [-0.25, -0.2) is 9.97 Å². The maximum Gasteiger partial charge on any atom is 0.275 e. The Hall–Kier alpha value is -4.40. The van der Waals surface area contributed by atoms with Crippen molar-refractivity contribution < 1.29 is 14.4 Å². The summed E-state index contributed by atoms with van der Waals surface area (Å²) in [4.78, 5) is 55.9. The first-order chi connectivity index (χ1) is 19.9. The van der Waals surface area contributed by atoms with Crippen molar-refractivity contribution in [2.24, 2.45) is 4.99 Å². The molecule has 7 rings (SSSR count). The number of pyridine rings is 2. The van der Waals surface area contributed by atoms with Crippen molar-refractivity contribution in [3.8, 4) is 0 Å². The molecular weight excluding hydrogens is 516 g/mol. The molecule has 2 aromatic heterocycles. The lowest BCUT2D eigenvalue weighted by Crippen LogP contribution is -2.50. The molecule has 3 amide bonds. The first kappa shape index (κ1) is 25.6. The summed E-state index contributed by atoms with van der Waals surface area (Å²) in [6.45, 7) is 1.89. The van der Waals surface area contributed by atoms with Gasteiger partial charge in [-0.15, -0.1) is 0 Å². The second kappa shape index (κ2) is 9.61. The van der Waals surface area contributed by atoms with Crippen molar-refractivity contribution in [2.45, 2.75) is 69.4 Å². The van der Waals surface area contributed by atoms with Crippen LogP contribution in [-0.2, 0) is 32.6 Å². The van der Waals surface area contributed by atoms with Crippen LogP contribution in [0.1, 0.15) is 66.3 Å². The van der Waals surface area contributed by atoms with Crippen LogP contribution in [0.2, 0.25) is 0 Å².